The van der Waals surface area contributed by atoms with Crippen LogP contribution >= 0.6 is 15.9 Å². The second-order valence-corrected chi connectivity index (χ2v) is 3.37. The van der Waals surface area contributed by atoms with E-state index < -0.39 is 0 Å². The molecule has 0 amide bonds. The zero-order valence-electron chi connectivity index (χ0n) is 6.71. The summed E-state index contributed by atoms with van der Waals surface area (Å²) in [6.07, 6.45) is 2.70. The van der Waals surface area contributed by atoms with Crippen LogP contribution < -0.4 is 5.73 Å². The van der Waals surface area contributed by atoms with Crippen LogP contribution in [-0.4, -0.2) is 9.78 Å². The van der Waals surface area contributed by atoms with Crippen LogP contribution in [0, 0.1) is 0 Å². The maximum Gasteiger partial charge on any atom is 0.0690 e. The third kappa shape index (κ3) is 1.62. The molecule has 0 radical (unpaired) electrons. The Morgan fingerprint density at radius 1 is 1.82 bits per heavy atom. The molecule has 1 heterocycles. The lowest BCUT2D eigenvalue weighted by Crippen LogP contribution is -2.13. The summed E-state index contributed by atoms with van der Waals surface area (Å²) in [5.41, 5.74) is 6.91. The second-order valence-electron chi connectivity index (χ2n) is 2.52. The maximum absolute atomic E-state index is 5.85. The fourth-order valence-corrected chi connectivity index (χ4v) is 1.67. The molecule has 0 spiro atoms. The average molecular weight is 218 g/mol. The Balaban J connectivity index is 3.00. The summed E-state index contributed by atoms with van der Waals surface area (Å²) in [5, 5.41) is 4.07. The highest BCUT2D eigenvalue weighted by atomic mass is 79.9. The van der Waals surface area contributed by atoms with Gasteiger partial charge in [-0.15, -0.1) is 0 Å². The van der Waals surface area contributed by atoms with Gasteiger partial charge in [0.15, 0.2) is 0 Å². The molecule has 2 N–H and O–H groups in total. The van der Waals surface area contributed by atoms with Crippen LogP contribution in [0.25, 0.3) is 0 Å². The zero-order chi connectivity index (χ0) is 8.43. The van der Waals surface area contributed by atoms with Gasteiger partial charge in [0.25, 0.3) is 0 Å². The van der Waals surface area contributed by atoms with Crippen LogP contribution in [-0.2, 0) is 7.05 Å². The van der Waals surface area contributed by atoms with E-state index in [0.29, 0.717) is 0 Å². The second kappa shape index (κ2) is 3.36. The summed E-state index contributed by atoms with van der Waals surface area (Å²) in [6.45, 7) is 2.06. The highest BCUT2D eigenvalue weighted by Crippen LogP contribution is 2.22. The first-order chi connectivity index (χ1) is 5.16. The monoisotopic (exact) mass is 217 g/mol. The van der Waals surface area contributed by atoms with Crippen molar-refractivity contribution in [2.75, 3.05) is 0 Å². The van der Waals surface area contributed by atoms with Gasteiger partial charge in [0.1, 0.15) is 0 Å². The average Bonchev–Trinajstić information content (AvgIpc) is 2.30. The predicted molar refractivity (Wildman–Crippen MR) is 48.1 cm³/mol. The van der Waals surface area contributed by atoms with E-state index in [1.807, 2.05) is 7.05 Å². The molecular weight excluding hydrogens is 206 g/mol. The summed E-state index contributed by atoms with van der Waals surface area (Å²) in [4.78, 5) is 0. The Morgan fingerprint density at radius 2 is 2.45 bits per heavy atom. The molecule has 0 aliphatic carbocycles. The van der Waals surface area contributed by atoms with Crippen LogP contribution in [0.2, 0.25) is 0 Å². The van der Waals surface area contributed by atoms with E-state index in [9.17, 15) is 0 Å². The van der Waals surface area contributed by atoms with Crippen molar-refractivity contribution in [2.45, 2.75) is 19.4 Å². The van der Waals surface area contributed by atoms with Gasteiger partial charge in [-0.1, -0.05) is 6.92 Å². The number of aromatic nitrogens is 2. The number of nitrogens with two attached hydrogens (primary N) is 1. The standard InChI is InChI=1S/C7H12BrN3/c1-3-6(9)7-5(8)4-10-11(7)2/h4,6H,3,9H2,1-2H3/t6-/m0/s1. The van der Waals surface area contributed by atoms with E-state index >= 15 is 0 Å². The number of rotatable bonds is 2. The molecule has 11 heavy (non-hydrogen) atoms. The molecule has 1 aromatic rings. The minimum atomic E-state index is 0.0804. The summed E-state index contributed by atoms with van der Waals surface area (Å²) in [7, 11) is 1.90. The first-order valence-electron chi connectivity index (χ1n) is 3.59. The van der Waals surface area contributed by atoms with E-state index in [1.165, 1.54) is 0 Å². The van der Waals surface area contributed by atoms with Gasteiger partial charge < -0.3 is 5.73 Å². The Hall–Kier alpha value is -0.350. The molecule has 0 unspecified atom stereocenters. The third-order valence-electron chi connectivity index (χ3n) is 1.73. The van der Waals surface area contributed by atoms with Crippen LogP contribution in [0.5, 0.6) is 0 Å². The highest BCUT2D eigenvalue weighted by Gasteiger charge is 2.11. The molecule has 3 nitrogen and oxygen atoms in total. The van der Waals surface area contributed by atoms with E-state index in [0.717, 1.165) is 16.6 Å². The minimum Gasteiger partial charge on any atom is -0.323 e. The molecule has 1 atom stereocenters. The molecule has 1 aromatic heterocycles. The fraction of sp³-hybridized carbons (Fsp3) is 0.571. The van der Waals surface area contributed by atoms with E-state index in [1.54, 1.807) is 10.9 Å². The number of hydrogen-bond donors (Lipinski definition) is 1. The molecular formula is C7H12BrN3. The van der Waals surface area contributed by atoms with Crippen molar-refractivity contribution in [2.24, 2.45) is 12.8 Å². The van der Waals surface area contributed by atoms with Crippen LogP contribution in [0.4, 0.5) is 0 Å². The summed E-state index contributed by atoms with van der Waals surface area (Å²) in [6, 6.07) is 0.0804. The van der Waals surface area contributed by atoms with Crippen molar-refractivity contribution in [3.8, 4) is 0 Å². The number of hydrogen-bond acceptors (Lipinski definition) is 2. The minimum absolute atomic E-state index is 0.0804. The van der Waals surface area contributed by atoms with E-state index in [2.05, 4.69) is 28.0 Å². The van der Waals surface area contributed by atoms with Crippen molar-refractivity contribution in [3.05, 3.63) is 16.4 Å². The normalized spacial score (nSPS) is 13.5. The topological polar surface area (TPSA) is 43.8 Å². The fourth-order valence-electron chi connectivity index (χ4n) is 1.03. The lowest BCUT2D eigenvalue weighted by molar-refractivity contribution is 0.603. The first-order valence-corrected chi connectivity index (χ1v) is 4.39. The summed E-state index contributed by atoms with van der Waals surface area (Å²) >= 11 is 3.40. The SMILES string of the molecule is CC[C@H](N)c1c(Br)cnn1C. The van der Waals surface area contributed by atoms with Gasteiger partial charge in [-0.25, -0.2) is 0 Å². The van der Waals surface area contributed by atoms with Crippen molar-refractivity contribution in [1.29, 1.82) is 0 Å². The number of nitrogens with zero attached hydrogens (tertiary/aromatic N) is 2. The number of aryl methyl sites for hydroxylation is 1. The van der Waals surface area contributed by atoms with Gasteiger partial charge in [0.05, 0.1) is 16.4 Å². The van der Waals surface area contributed by atoms with Crippen molar-refractivity contribution in [3.63, 3.8) is 0 Å². The van der Waals surface area contributed by atoms with Crippen LogP contribution in [0.1, 0.15) is 25.1 Å². The van der Waals surface area contributed by atoms with Gasteiger partial charge in [-0.05, 0) is 22.4 Å². The summed E-state index contributed by atoms with van der Waals surface area (Å²) < 4.78 is 2.80. The van der Waals surface area contributed by atoms with Gasteiger partial charge in [-0.3, -0.25) is 4.68 Å². The van der Waals surface area contributed by atoms with Gasteiger partial charge in [0, 0.05) is 13.1 Å². The molecule has 1 rings (SSSR count). The third-order valence-corrected chi connectivity index (χ3v) is 2.34. The zero-order valence-corrected chi connectivity index (χ0v) is 8.30. The Bertz CT molecular complexity index is 224. The highest BCUT2D eigenvalue weighted by molar-refractivity contribution is 9.10. The Labute approximate surface area is 74.7 Å². The smallest absolute Gasteiger partial charge is 0.0690 e. The lowest BCUT2D eigenvalue weighted by Gasteiger charge is -2.09. The molecule has 0 saturated carbocycles. The molecule has 0 fully saturated rings. The van der Waals surface area contributed by atoms with Crippen molar-refractivity contribution < 1.29 is 0 Å². The van der Waals surface area contributed by atoms with Crippen molar-refractivity contribution >= 4 is 15.9 Å². The van der Waals surface area contributed by atoms with E-state index in [-0.39, 0.29) is 6.04 Å². The van der Waals surface area contributed by atoms with Gasteiger partial charge >= 0.3 is 0 Å². The van der Waals surface area contributed by atoms with Crippen LogP contribution in [0.3, 0.4) is 0 Å². The number of halogens is 1. The molecule has 62 valence electrons. The Kier molecular flexibility index (Phi) is 2.67. The lowest BCUT2D eigenvalue weighted by atomic mass is 10.2. The maximum atomic E-state index is 5.85. The van der Waals surface area contributed by atoms with Crippen molar-refractivity contribution in [1.82, 2.24) is 9.78 Å². The molecule has 0 saturated heterocycles. The molecule has 0 bridgehead atoms. The van der Waals surface area contributed by atoms with Gasteiger partial charge in [0.2, 0.25) is 0 Å². The Morgan fingerprint density at radius 3 is 2.82 bits per heavy atom. The molecule has 0 aromatic carbocycles. The summed E-state index contributed by atoms with van der Waals surface area (Å²) in [5.74, 6) is 0. The first kappa shape index (κ1) is 8.74. The van der Waals surface area contributed by atoms with Crippen LogP contribution in [0.15, 0.2) is 10.7 Å². The predicted octanol–water partition coefficient (Wildman–Crippen LogP) is 1.59. The molecule has 0 aliphatic heterocycles. The molecule has 0 aliphatic rings. The van der Waals surface area contributed by atoms with Gasteiger partial charge in [-0.2, -0.15) is 5.10 Å². The quantitative estimate of drug-likeness (QED) is 0.819. The van der Waals surface area contributed by atoms with E-state index in [4.69, 9.17) is 5.73 Å². The molecule has 4 heteroatoms. The largest absolute Gasteiger partial charge is 0.323 e.